The minimum absolute atomic E-state index is 0.0645. The van der Waals surface area contributed by atoms with Crippen molar-refractivity contribution in [2.24, 2.45) is 11.8 Å². The van der Waals surface area contributed by atoms with E-state index in [1.807, 2.05) is 0 Å². The zero-order valence-electron chi connectivity index (χ0n) is 22.2. The lowest BCUT2D eigenvalue weighted by molar-refractivity contribution is -0.144. The van der Waals surface area contributed by atoms with Gasteiger partial charge >= 0.3 is 12.3 Å². The Hall–Kier alpha value is -2.99. The largest absolute Gasteiger partial charge is 0.444 e. The highest BCUT2D eigenvalue weighted by molar-refractivity contribution is 5.76. The van der Waals surface area contributed by atoms with E-state index >= 15 is 0 Å². The summed E-state index contributed by atoms with van der Waals surface area (Å²) in [5, 5.41) is 5.49. The van der Waals surface area contributed by atoms with E-state index in [9.17, 15) is 31.5 Å². The fourth-order valence-corrected chi connectivity index (χ4v) is 4.85. The molecular formula is C26H34F5N5O3. The van der Waals surface area contributed by atoms with Gasteiger partial charge in [0.15, 0.2) is 0 Å². The van der Waals surface area contributed by atoms with Gasteiger partial charge in [0.2, 0.25) is 17.6 Å². The molecule has 2 heterocycles. The number of fused-ring (bicyclic) bond motifs is 1. The predicted octanol–water partition coefficient (Wildman–Crippen LogP) is 6.03. The van der Waals surface area contributed by atoms with Gasteiger partial charge in [0, 0.05) is 31.7 Å². The number of hydrogen-bond donors (Lipinski definition) is 2. The zero-order chi connectivity index (χ0) is 28.6. The summed E-state index contributed by atoms with van der Waals surface area (Å²) in [7, 11) is 0. The molecule has 216 valence electrons. The third-order valence-corrected chi connectivity index (χ3v) is 6.95. The maximum atomic E-state index is 13.9. The molecule has 2 N–H and O–H groups in total. The second kappa shape index (κ2) is 10.9. The number of hydrogen-bond acceptors (Lipinski definition) is 5. The standard InChI is InChI=1S/C26H34F5N5O3/c1-24(2,3)39-23(38)35-21(16-6-10-25(27,28)11-7-16)18-14-36-13-9-17(32-22(36)33-18)20(15-4-5-15)34-19(37)8-12-26(29,30)31/h9,13-16,20-21H,4-8,10-12H2,1-3H3,(H,34,37)(H,35,38)/t20?,21-/m0/s1. The minimum atomic E-state index is -4.42. The van der Waals surface area contributed by atoms with E-state index in [2.05, 4.69) is 20.6 Å². The van der Waals surface area contributed by atoms with Crippen molar-refractivity contribution in [2.75, 3.05) is 0 Å². The van der Waals surface area contributed by atoms with Crippen LogP contribution in [0.3, 0.4) is 0 Å². The minimum Gasteiger partial charge on any atom is -0.444 e. The van der Waals surface area contributed by atoms with E-state index in [0.717, 1.165) is 12.8 Å². The van der Waals surface area contributed by atoms with Crippen molar-refractivity contribution in [3.8, 4) is 0 Å². The van der Waals surface area contributed by atoms with Gasteiger partial charge in [0.25, 0.3) is 0 Å². The normalized spacial score (nSPS) is 19.9. The molecule has 2 aromatic rings. The second-order valence-electron chi connectivity index (χ2n) is 11.5. The van der Waals surface area contributed by atoms with Crippen LogP contribution in [0, 0.1) is 11.8 Å². The molecule has 0 aromatic carbocycles. The van der Waals surface area contributed by atoms with Gasteiger partial charge in [-0.1, -0.05) is 0 Å². The summed E-state index contributed by atoms with van der Waals surface area (Å²) >= 11 is 0. The Morgan fingerprint density at radius 3 is 2.21 bits per heavy atom. The lowest BCUT2D eigenvalue weighted by Crippen LogP contribution is -2.40. The lowest BCUT2D eigenvalue weighted by atomic mass is 9.81. The molecule has 2 saturated carbocycles. The molecule has 39 heavy (non-hydrogen) atoms. The van der Waals surface area contributed by atoms with Gasteiger partial charge in [-0.3, -0.25) is 9.20 Å². The summed E-state index contributed by atoms with van der Waals surface area (Å²) in [6.07, 6.45) is -2.24. The van der Waals surface area contributed by atoms with Crippen LogP contribution in [0.4, 0.5) is 26.7 Å². The summed E-state index contributed by atoms with van der Waals surface area (Å²) in [6.45, 7) is 5.16. The number of nitrogens with zero attached hydrogens (tertiary/aromatic N) is 3. The Balaban J connectivity index is 1.56. The highest BCUT2D eigenvalue weighted by Crippen LogP contribution is 2.42. The summed E-state index contributed by atoms with van der Waals surface area (Å²) in [5.41, 5.74) is 0.140. The van der Waals surface area contributed by atoms with Crippen molar-refractivity contribution in [1.29, 1.82) is 0 Å². The smallest absolute Gasteiger partial charge is 0.408 e. The van der Waals surface area contributed by atoms with Gasteiger partial charge in [-0.15, -0.1) is 0 Å². The molecule has 0 aliphatic heterocycles. The average molecular weight is 560 g/mol. The molecule has 2 aromatic heterocycles. The van der Waals surface area contributed by atoms with Crippen LogP contribution in [-0.2, 0) is 9.53 Å². The lowest BCUT2D eigenvalue weighted by Gasteiger charge is -2.33. The zero-order valence-corrected chi connectivity index (χ0v) is 22.2. The van der Waals surface area contributed by atoms with Crippen LogP contribution in [0.5, 0.6) is 0 Å². The van der Waals surface area contributed by atoms with Crippen molar-refractivity contribution in [3.63, 3.8) is 0 Å². The maximum absolute atomic E-state index is 13.9. The van der Waals surface area contributed by atoms with Crippen LogP contribution < -0.4 is 10.6 Å². The number of nitrogens with one attached hydrogen (secondary N) is 2. The molecule has 2 aliphatic carbocycles. The molecule has 2 atom stereocenters. The van der Waals surface area contributed by atoms with Crippen molar-refractivity contribution in [1.82, 2.24) is 25.0 Å². The highest BCUT2D eigenvalue weighted by atomic mass is 19.4. The summed E-state index contributed by atoms with van der Waals surface area (Å²) in [6, 6.07) is 0.428. The van der Waals surface area contributed by atoms with E-state index in [0.29, 0.717) is 11.4 Å². The van der Waals surface area contributed by atoms with E-state index < -0.39 is 54.6 Å². The number of carbonyl (C=O) groups excluding carboxylic acids is 2. The molecule has 13 heteroatoms. The number of amides is 2. The summed E-state index contributed by atoms with van der Waals surface area (Å²) in [4.78, 5) is 34.0. The van der Waals surface area contributed by atoms with E-state index in [-0.39, 0.29) is 43.3 Å². The average Bonchev–Trinajstić information content (AvgIpc) is 3.56. The number of imidazole rings is 1. The first kappa shape index (κ1) is 29.0. The number of alkyl carbamates (subject to hydrolysis) is 1. The van der Waals surface area contributed by atoms with Gasteiger partial charge in [0.1, 0.15) is 5.60 Å². The third kappa shape index (κ3) is 8.25. The number of aromatic nitrogens is 3. The van der Waals surface area contributed by atoms with Crippen molar-refractivity contribution in [3.05, 3.63) is 29.8 Å². The Bertz CT molecular complexity index is 1180. The van der Waals surface area contributed by atoms with Gasteiger partial charge in [0.05, 0.1) is 29.9 Å². The van der Waals surface area contributed by atoms with Gasteiger partial charge in [-0.05, 0) is 64.4 Å². The fraction of sp³-hybridized carbons (Fsp3) is 0.692. The second-order valence-corrected chi connectivity index (χ2v) is 11.5. The number of ether oxygens (including phenoxy) is 1. The number of halogens is 5. The van der Waals surface area contributed by atoms with Gasteiger partial charge < -0.3 is 15.4 Å². The van der Waals surface area contributed by atoms with E-state index in [1.54, 1.807) is 43.6 Å². The van der Waals surface area contributed by atoms with E-state index in [4.69, 9.17) is 4.74 Å². The first-order valence-electron chi connectivity index (χ1n) is 13.2. The maximum Gasteiger partial charge on any atom is 0.408 e. The molecule has 8 nitrogen and oxygen atoms in total. The quantitative estimate of drug-likeness (QED) is 0.385. The monoisotopic (exact) mass is 559 g/mol. The van der Waals surface area contributed by atoms with Gasteiger partial charge in [-0.25, -0.2) is 23.5 Å². The molecule has 0 spiro atoms. The molecule has 2 fully saturated rings. The molecule has 0 bridgehead atoms. The fourth-order valence-electron chi connectivity index (χ4n) is 4.85. The molecule has 0 saturated heterocycles. The Labute approximate surface area is 223 Å². The highest BCUT2D eigenvalue weighted by Gasteiger charge is 2.40. The van der Waals surface area contributed by atoms with Crippen LogP contribution in [0.25, 0.3) is 5.78 Å². The predicted molar refractivity (Wildman–Crippen MR) is 131 cm³/mol. The van der Waals surface area contributed by atoms with Crippen LogP contribution in [-0.4, -0.2) is 44.1 Å². The van der Waals surface area contributed by atoms with E-state index in [1.165, 1.54) is 0 Å². The van der Waals surface area contributed by atoms with Crippen LogP contribution >= 0.6 is 0 Å². The number of alkyl halides is 5. The first-order chi connectivity index (χ1) is 18.1. The molecular weight excluding hydrogens is 525 g/mol. The van der Waals surface area contributed by atoms with Gasteiger partial charge in [-0.2, -0.15) is 13.2 Å². The van der Waals surface area contributed by atoms with Crippen LogP contribution in [0.1, 0.15) is 95.6 Å². The molecule has 2 amide bonds. The first-order valence-corrected chi connectivity index (χ1v) is 13.2. The number of rotatable bonds is 8. The molecule has 4 rings (SSSR count). The van der Waals surface area contributed by atoms with Crippen LogP contribution in [0.15, 0.2) is 18.5 Å². The van der Waals surface area contributed by atoms with Crippen molar-refractivity contribution < 1.29 is 36.3 Å². The Morgan fingerprint density at radius 1 is 1.03 bits per heavy atom. The third-order valence-electron chi connectivity index (χ3n) is 6.95. The van der Waals surface area contributed by atoms with Crippen molar-refractivity contribution >= 4 is 17.8 Å². The Kier molecular flexibility index (Phi) is 8.09. The topological polar surface area (TPSA) is 97.6 Å². The summed E-state index contributed by atoms with van der Waals surface area (Å²) < 4.78 is 72.4. The molecule has 1 unspecified atom stereocenters. The molecule has 0 radical (unpaired) electrons. The Morgan fingerprint density at radius 2 is 1.62 bits per heavy atom. The van der Waals surface area contributed by atoms with Crippen molar-refractivity contribution in [2.45, 2.75) is 102 Å². The number of carbonyl (C=O) groups is 2. The SMILES string of the molecule is CC(C)(C)OC(=O)N[C@H](c1cn2ccc(C(NC(=O)CCC(F)(F)F)C3CC3)nc2n1)C1CCC(F)(F)CC1. The summed E-state index contributed by atoms with van der Waals surface area (Å²) in [5.74, 6) is -3.42. The van der Waals surface area contributed by atoms with Crippen LogP contribution in [0.2, 0.25) is 0 Å². The molecule has 2 aliphatic rings.